The lowest BCUT2D eigenvalue weighted by atomic mass is 10.0. The van der Waals surface area contributed by atoms with Crippen LogP contribution in [0.4, 0.5) is 4.79 Å². The standard InChI is InChI=1S/C14H25N3O4/c1-2-16(11-3-5-15-6-4-11)14(20)17-7-8-21-10-12(17)9-13(18)19/h11-12,15H,2-10H2,1H3,(H,18,19). The number of piperidine rings is 1. The molecule has 2 aliphatic rings. The molecule has 0 bridgehead atoms. The molecule has 0 saturated carbocycles. The number of hydrogen-bond donors (Lipinski definition) is 2. The summed E-state index contributed by atoms with van der Waals surface area (Å²) >= 11 is 0. The van der Waals surface area contributed by atoms with Crippen LogP contribution in [0.5, 0.6) is 0 Å². The fraction of sp³-hybridized carbons (Fsp3) is 0.857. The van der Waals surface area contributed by atoms with Gasteiger partial charge in [-0.1, -0.05) is 0 Å². The van der Waals surface area contributed by atoms with Gasteiger partial charge in [-0.15, -0.1) is 0 Å². The maximum absolute atomic E-state index is 12.8. The number of morpholine rings is 1. The van der Waals surface area contributed by atoms with Crippen molar-refractivity contribution in [2.75, 3.05) is 39.4 Å². The molecule has 0 aromatic heterocycles. The first-order valence-corrected chi connectivity index (χ1v) is 7.71. The molecule has 2 N–H and O–H groups in total. The van der Waals surface area contributed by atoms with Crippen molar-refractivity contribution in [1.82, 2.24) is 15.1 Å². The summed E-state index contributed by atoms with van der Waals surface area (Å²) in [4.78, 5) is 27.3. The topological polar surface area (TPSA) is 82.1 Å². The lowest BCUT2D eigenvalue weighted by molar-refractivity contribution is -0.139. The number of carboxylic acids is 1. The van der Waals surface area contributed by atoms with E-state index in [4.69, 9.17) is 9.84 Å². The number of urea groups is 1. The Balaban J connectivity index is 2.04. The van der Waals surface area contributed by atoms with Gasteiger partial charge in [0.2, 0.25) is 0 Å². The van der Waals surface area contributed by atoms with Crippen molar-refractivity contribution in [3.05, 3.63) is 0 Å². The van der Waals surface area contributed by atoms with Crippen molar-refractivity contribution in [2.24, 2.45) is 0 Å². The van der Waals surface area contributed by atoms with Crippen molar-refractivity contribution in [3.8, 4) is 0 Å². The van der Waals surface area contributed by atoms with Crippen LogP contribution in [0.3, 0.4) is 0 Å². The summed E-state index contributed by atoms with van der Waals surface area (Å²) in [5.74, 6) is -0.895. The first kappa shape index (κ1) is 16.0. The van der Waals surface area contributed by atoms with Crippen LogP contribution in [0.15, 0.2) is 0 Å². The molecule has 0 aliphatic carbocycles. The molecule has 120 valence electrons. The minimum Gasteiger partial charge on any atom is -0.481 e. The van der Waals surface area contributed by atoms with E-state index in [1.165, 1.54) is 0 Å². The second kappa shape index (κ2) is 7.61. The van der Waals surface area contributed by atoms with Crippen LogP contribution < -0.4 is 5.32 Å². The van der Waals surface area contributed by atoms with Crippen molar-refractivity contribution < 1.29 is 19.4 Å². The number of carboxylic acid groups (broad SMARTS) is 1. The average molecular weight is 299 g/mol. The number of nitrogens with zero attached hydrogens (tertiary/aromatic N) is 2. The van der Waals surface area contributed by atoms with E-state index in [0.717, 1.165) is 25.9 Å². The second-order valence-corrected chi connectivity index (χ2v) is 5.57. The summed E-state index contributed by atoms with van der Waals surface area (Å²) in [6.07, 6.45) is 1.84. The van der Waals surface area contributed by atoms with E-state index in [-0.39, 0.29) is 24.5 Å². The van der Waals surface area contributed by atoms with E-state index >= 15 is 0 Å². The third kappa shape index (κ3) is 4.07. The Bertz CT molecular complexity index is 371. The number of carbonyl (C=O) groups is 2. The normalized spacial score (nSPS) is 23.9. The van der Waals surface area contributed by atoms with Gasteiger partial charge < -0.3 is 25.0 Å². The molecule has 1 unspecified atom stereocenters. The molecule has 0 radical (unpaired) electrons. The molecule has 2 aliphatic heterocycles. The van der Waals surface area contributed by atoms with E-state index in [1.807, 2.05) is 11.8 Å². The van der Waals surface area contributed by atoms with Crippen LogP contribution in [0, 0.1) is 0 Å². The summed E-state index contributed by atoms with van der Waals surface area (Å²) in [5.41, 5.74) is 0. The minimum absolute atomic E-state index is 0.0426. The Kier molecular flexibility index (Phi) is 5.81. The number of ether oxygens (including phenoxy) is 1. The van der Waals surface area contributed by atoms with E-state index in [0.29, 0.717) is 26.3 Å². The minimum atomic E-state index is -0.895. The summed E-state index contributed by atoms with van der Waals surface area (Å²) in [6, 6.07) is -0.157. The van der Waals surface area contributed by atoms with Gasteiger partial charge in [-0.2, -0.15) is 0 Å². The highest BCUT2D eigenvalue weighted by molar-refractivity contribution is 5.76. The quantitative estimate of drug-likeness (QED) is 0.783. The van der Waals surface area contributed by atoms with E-state index < -0.39 is 5.97 Å². The van der Waals surface area contributed by atoms with E-state index in [9.17, 15) is 9.59 Å². The Morgan fingerprint density at radius 3 is 2.71 bits per heavy atom. The van der Waals surface area contributed by atoms with Crippen molar-refractivity contribution in [2.45, 2.75) is 38.3 Å². The monoisotopic (exact) mass is 299 g/mol. The first-order valence-electron chi connectivity index (χ1n) is 7.71. The van der Waals surface area contributed by atoms with E-state index in [1.54, 1.807) is 4.90 Å². The largest absolute Gasteiger partial charge is 0.481 e. The Hall–Kier alpha value is -1.34. The lowest BCUT2D eigenvalue weighted by Gasteiger charge is -2.41. The number of rotatable bonds is 4. The molecule has 7 heteroatoms. The van der Waals surface area contributed by atoms with Crippen LogP contribution in [0.2, 0.25) is 0 Å². The van der Waals surface area contributed by atoms with Crippen LogP contribution in [-0.4, -0.2) is 78.4 Å². The highest BCUT2D eigenvalue weighted by Crippen LogP contribution is 2.18. The van der Waals surface area contributed by atoms with E-state index in [2.05, 4.69) is 5.32 Å². The van der Waals surface area contributed by atoms with Gasteiger partial charge in [0.25, 0.3) is 0 Å². The zero-order valence-corrected chi connectivity index (χ0v) is 12.6. The fourth-order valence-corrected chi connectivity index (χ4v) is 3.11. The number of nitrogens with one attached hydrogen (secondary N) is 1. The van der Waals surface area contributed by atoms with Crippen molar-refractivity contribution >= 4 is 12.0 Å². The van der Waals surface area contributed by atoms with Crippen LogP contribution in [0.1, 0.15) is 26.2 Å². The number of aliphatic carboxylic acids is 1. The number of hydrogen-bond acceptors (Lipinski definition) is 4. The zero-order chi connectivity index (χ0) is 15.2. The molecule has 2 rings (SSSR count). The predicted octanol–water partition coefficient (Wildman–Crippen LogP) is 0.356. The highest BCUT2D eigenvalue weighted by atomic mass is 16.5. The van der Waals surface area contributed by atoms with Crippen LogP contribution >= 0.6 is 0 Å². The third-order valence-corrected chi connectivity index (χ3v) is 4.22. The predicted molar refractivity (Wildman–Crippen MR) is 77.2 cm³/mol. The molecule has 2 amide bonds. The fourth-order valence-electron chi connectivity index (χ4n) is 3.11. The highest BCUT2D eigenvalue weighted by Gasteiger charge is 2.34. The average Bonchev–Trinajstić information content (AvgIpc) is 2.49. The number of amides is 2. The van der Waals surface area contributed by atoms with Gasteiger partial charge in [0.05, 0.1) is 25.7 Å². The van der Waals surface area contributed by atoms with Crippen LogP contribution in [0.25, 0.3) is 0 Å². The van der Waals surface area contributed by atoms with Gasteiger partial charge in [-0.05, 0) is 32.9 Å². The van der Waals surface area contributed by atoms with Gasteiger partial charge in [0.15, 0.2) is 0 Å². The summed E-state index contributed by atoms with van der Waals surface area (Å²) in [7, 11) is 0. The van der Waals surface area contributed by atoms with Crippen molar-refractivity contribution in [3.63, 3.8) is 0 Å². The Morgan fingerprint density at radius 2 is 2.10 bits per heavy atom. The molecule has 21 heavy (non-hydrogen) atoms. The smallest absolute Gasteiger partial charge is 0.320 e. The molecule has 2 heterocycles. The Morgan fingerprint density at radius 1 is 1.38 bits per heavy atom. The maximum Gasteiger partial charge on any atom is 0.320 e. The van der Waals surface area contributed by atoms with Crippen LogP contribution in [-0.2, 0) is 9.53 Å². The molecule has 2 fully saturated rings. The molecule has 0 aromatic rings. The molecule has 0 aromatic carbocycles. The molecular weight excluding hydrogens is 274 g/mol. The van der Waals surface area contributed by atoms with Gasteiger partial charge in [-0.25, -0.2) is 4.79 Å². The van der Waals surface area contributed by atoms with Gasteiger partial charge >= 0.3 is 12.0 Å². The summed E-state index contributed by atoms with van der Waals surface area (Å²) in [5, 5.41) is 12.3. The van der Waals surface area contributed by atoms with Gasteiger partial charge in [0.1, 0.15) is 0 Å². The molecular formula is C14H25N3O4. The summed E-state index contributed by atoms with van der Waals surface area (Å²) in [6.45, 7) is 5.74. The third-order valence-electron chi connectivity index (χ3n) is 4.22. The SMILES string of the molecule is CCN(C(=O)N1CCOCC1CC(=O)O)C1CCNCC1. The zero-order valence-electron chi connectivity index (χ0n) is 12.6. The first-order chi connectivity index (χ1) is 10.1. The van der Waals surface area contributed by atoms with Crippen molar-refractivity contribution in [1.29, 1.82) is 0 Å². The summed E-state index contributed by atoms with van der Waals surface area (Å²) < 4.78 is 5.34. The molecule has 0 spiro atoms. The van der Waals surface area contributed by atoms with Gasteiger partial charge in [0, 0.05) is 19.1 Å². The Labute approximate surface area is 125 Å². The number of carbonyl (C=O) groups excluding carboxylic acids is 1. The lowest BCUT2D eigenvalue weighted by Crippen LogP contribution is -2.57. The van der Waals surface area contributed by atoms with Gasteiger partial charge in [-0.3, -0.25) is 4.79 Å². The molecule has 2 saturated heterocycles. The maximum atomic E-state index is 12.8. The molecule has 1 atom stereocenters. The second-order valence-electron chi connectivity index (χ2n) is 5.57. The molecule has 7 nitrogen and oxygen atoms in total.